The van der Waals surface area contributed by atoms with E-state index in [-0.39, 0.29) is 6.61 Å². The molecular weight excluding hydrogens is 271 g/mol. The Balaban J connectivity index is 3.07. The number of ether oxygens (including phenoxy) is 3. The van der Waals surface area contributed by atoms with Gasteiger partial charge in [-0.1, -0.05) is 0 Å². The number of nitrogens with zero attached hydrogens (tertiary/aromatic N) is 1. The van der Waals surface area contributed by atoms with E-state index in [2.05, 4.69) is 19.2 Å². The van der Waals surface area contributed by atoms with E-state index in [1.807, 2.05) is 0 Å². The second-order valence-electron chi connectivity index (χ2n) is 3.67. The van der Waals surface area contributed by atoms with Gasteiger partial charge >= 0.3 is 18.1 Å². The second kappa shape index (κ2) is 5.45. The highest BCUT2D eigenvalue weighted by Gasteiger charge is 2.67. The average Bonchev–Trinajstić information content (AvgIpc) is 2.72. The van der Waals surface area contributed by atoms with Crippen molar-refractivity contribution in [2.45, 2.75) is 31.2 Å². The highest BCUT2D eigenvalue weighted by Crippen LogP contribution is 2.43. The fourth-order valence-electron chi connectivity index (χ4n) is 1.62. The molecule has 1 aliphatic rings. The molecule has 1 aliphatic heterocycles. The van der Waals surface area contributed by atoms with Crippen LogP contribution in [0.4, 0.5) is 13.2 Å². The number of alkyl halides is 3. The minimum Gasteiger partial charge on any atom is -0.467 e. The number of hydrogen-bond donors (Lipinski definition) is 0. The fraction of sp³-hybridized carbons (Fsp3) is 0.700. The van der Waals surface area contributed by atoms with Crippen LogP contribution in [-0.4, -0.2) is 49.9 Å². The first-order valence-corrected chi connectivity index (χ1v) is 5.28. The maximum absolute atomic E-state index is 13.1. The predicted octanol–water partition coefficient (Wildman–Crippen LogP) is 0.841. The largest absolute Gasteiger partial charge is 0.467 e. The van der Waals surface area contributed by atoms with Crippen LogP contribution < -0.4 is 0 Å². The maximum atomic E-state index is 13.1. The molecule has 19 heavy (non-hydrogen) atoms. The number of hydrogen-bond acceptors (Lipinski definition) is 6. The van der Waals surface area contributed by atoms with E-state index in [0.717, 1.165) is 7.11 Å². The molecule has 108 valence electrons. The molecular formula is C10H12F3NO5. The smallest absolute Gasteiger partial charge is 0.431 e. The van der Waals surface area contributed by atoms with Gasteiger partial charge in [0, 0.05) is 0 Å². The standard InChI is InChI=1S/C10H12F3NO5/c1-3-18-6(15)4-9(10(11,12)13)7(8(16)17-2)14-5-19-9/h5,7H,3-4H2,1-2H3/t7-,9+/m0/s1. The second-order valence-corrected chi connectivity index (χ2v) is 3.67. The number of halogens is 3. The Morgan fingerprint density at radius 2 is 2.11 bits per heavy atom. The monoisotopic (exact) mass is 283 g/mol. The van der Waals surface area contributed by atoms with Gasteiger partial charge in [0.15, 0.2) is 12.4 Å². The third-order valence-electron chi connectivity index (χ3n) is 2.53. The van der Waals surface area contributed by atoms with Crippen molar-refractivity contribution in [3.05, 3.63) is 0 Å². The van der Waals surface area contributed by atoms with Crippen molar-refractivity contribution < 1.29 is 37.0 Å². The minimum absolute atomic E-state index is 0.0868. The summed E-state index contributed by atoms with van der Waals surface area (Å²) >= 11 is 0. The zero-order valence-corrected chi connectivity index (χ0v) is 10.2. The summed E-state index contributed by atoms with van der Waals surface area (Å²) in [5.41, 5.74) is -3.08. The molecule has 0 fully saturated rings. The topological polar surface area (TPSA) is 74.2 Å². The van der Waals surface area contributed by atoms with E-state index in [1.54, 1.807) is 0 Å². The van der Waals surface area contributed by atoms with Crippen molar-refractivity contribution >= 4 is 18.3 Å². The fourth-order valence-corrected chi connectivity index (χ4v) is 1.62. The summed E-state index contributed by atoms with van der Waals surface area (Å²) in [4.78, 5) is 25.9. The predicted molar refractivity (Wildman–Crippen MR) is 55.4 cm³/mol. The van der Waals surface area contributed by atoms with Crippen LogP contribution >= 0.6 is 0 Å². The lowest BCUT2D eigenvalue weighted by Gasteiger charge is -2.32. The molecule has 0 spiro atoms. The lowest BCUT2D eigenvalue weighted by molar-refractivity contribution is -0.256. The van der Waals surface area contributed by atoms with Gasteiger partial charge in [-0.2, -0.15) is 13.2 Å². The van der Waals surface area contributed by atoms with E-state index in [0.29, 0.717) is 6.40 Å². The first-order valence-electron chi connectivity index (χ1n) is 5.28. The third-order valence-corrected chi connectivity index (χ3v) is 2.53. The summed E-state index contributed by atoms with van der Waals surface area (Å²) < 4.78 is 52.6. The summed E-state index contributed by atoms with van der Waals surface area (Å²) in [5.74, 6) is -2.38. The summed E-state index contributed by atoms with van der Waals surface area (Å²) in [6, 6.07) is -1.98. The summed E-state index contributed by atoms with van der Waals surface area (Å²) in [7, 11) is 0.918. The number of carbonyl (C=O) groups excluding carboxylic acids is 2. The number of carbonyl (C=O) groups is 2. The Hall–Kier alpha value is -1.80. The Morgan fingerprint density at radius 1 is 1.47 bits per heavy atom. The van der Waals surface area contributed by atoms with Crippen LogP contribution in [0.15, 0.2) is 4.99 Å². The van der Waals surface area contributed by atoms with Gasteiger partial charge < -0.3 is 14.2 Å². The SMILES string of the molecule is CCOC(=O)C[C@@]1(C(F)(F)F)OC=N[C@H]1C(=O)OC. The minimum atomic E-state index is -4.99. The molecule has 0 aromatic rings. The zero-order valence-electron chi connectivity index (χ0n) is 10.2. The number of methoxy groups -OCH3 is 1. The Kier molecular flexibility index (Phi) is 4.38. The Labute approximate surface area is 106 Å². The van der Waals surface area contributed by atoms with Gasteiger partial charge in [-0.05, 0) is 6.92 Å². The van der Waals surface area contributed by atoms with Crippen LogP contribution in [-0.2, 0) is 23.8 Å². The highest BCUT2D eigenvalue weighted by molar-refractivity contribution is 5.83. The maximum Gasteiger partial charge on any atom is 0.431 e. The van der Waals surface area contributed by atoms with Crippen molar-refractivity contribution in [3.8, 4) is 0 Å². The van der Waals surface area contributed by atoms with Gasteiger partial charge in [-0.15, -0.1) is 0 Å². The van der Waals surface area contributed by atoms with Gasteiger partial charge in [0.2, 0.25) is 5.60 Å². The molecule has 0 aromatic carbocycles. The van der Waals surface area contributed by atoms with Crippen LogP contribution in [0.1, 0.15) is 13.3 Å². The van der Waals surface area contributed by atoms with Crippen molar-refractivity contribution in [2.24, 2.45) is 4.99 Å². The van der Waals surface area contributed by atoms with Crippen molar-refractivity contribution in [3.63, 3.8) is 0 Å². The quantitative estimate of drug-likeness (QED) is 0.715. The van der Waals surface area contributed by atoms with E-state index >= 15 is 0 Å². The highest BCUT2D eigenvalue weighted by atomic mass is 19.4. The molecule has 0 saturated heterocycles. The molecule has 9 heteroatoms. The third kappa shape index (κ3) is 2.79. The first-order chi connectivity index (χ1) is 8.78. The van der Waals surface area contributed by atoms with Gasteiger partial charge in [0.05, 0.1) is 20.1 Å². The number of aliphatic imine (C=N–C) groups is 1. The Morgan fingerprint density at radius 3 is 2.58 bits per heavy atom. The molecule has 0 aromatic heterocycles. The lowest BCUT2D eigenvalue weighted by Crippen LogP contribution is -2.57. The van der Waals surface area contributed by atoms with Gasteiger partial charge in [0.1, 0.15) is 0 Å². The van der Waals surface area contributed by atoms with Crippen LogP contribution in [0, 0.1) is 0 Å². The van der Waals surface area contributed by atoms with E-state index in [1.165, 1.54) is 6.92 Å². The normalized spacial score (nSPS) is 25.8. The molecule has 1 heterocycles. The molecule has 1 rings (SSSR count). The molecule has 0 bridgehead atoms. The molecule has 0 unspecified atom stereocenters. The number of esters is 2. The Bertz CT molecular complexity index is 395. The van der Waals surface area contributed by atoms with E-state index < -0.39 is 36.2 Å². The molecule has 0 radical (unpaired) electrons. The molecule has 0 N–H and O–H groups in total. The average molecular weight is 283 g/mol. The van der Waals surface area contributed by atoms with Gasteiger partial charge in [0.25, 0.3) is 0 Å². The number of rotatable bonds is 4. The van der Waals surface area contributed by atoms with E-state index in [4.69, 9.17) is 0 Å². The van der Waals surface area contributed by atoms with Crippen molar-refractivity contribution in [1.29, 1.82) is 0 Å². The van der Waals surface area contributed by atoms with Crippen LogP contribution in [0.3, 0.4) is 0 Å². The van der Waals surface area contributed by atoms with Gasteiger partial charge in [-0.25, -0.2) is 9.79 Å². The molecule has 0 amide bonds. The van der Waals surface area contributed by atoms with Crippen molar-refractivity contribution in [2.75, 3.05) is 13.7 Å². The molecule has 0 aliphatic carbocycles. The lowest BCUT2D eigenvalue weighted by atomic mass is 9.90. The zero-order chi connectivity index (χ0) is 14.7. The molecule has 2 atom stereocenters. The first kappa shape index (κ1) is 15.3. The summed E-state index contributed by atoms with van der Waals surface area (Å²) in [6.07, 6.45) is -5.67. The molecule has 6 nitrogen and oxygen atoms in total. The van der Waals surface area contributed by atoms with Crippen LogP contribution in [0.25, 0.3) is 0 Å². The van der Waals surface area contributed by atoms with E-state index in [9.17, 15) is 22.8 Å². The van der Waals surface area contributed by atoms with Crippen LogP contribution in [0.5, 0.6) is 0 Å². The summed E-state index contributed by atoms with van der Waals surface area (Å²) in [6.45, 7) is 1.36. The van der Waals surface area contributed by atoms with Gasteiger partial charge in [-0.3, -0.25) is 4.79 Å². The summed E-state index contributed by atoms with van der Waals surface area (Å²) in [5, 5.41) is 0. The molecule has 0 saturated carbocycles. The van der Waals surface area contributed by atoms with Crippen molar-refractivity contribution in [1.82, 2.24) is 0 Å². The van der Waals surface area contributed by atoms with Crippen LogP contribution in [0.2, 0.25) is 0 Å².